The second-order valence-electron chi connectivity index (χ2n) is 4.28. The van der Waals surface area contributed by atoms with Gasteiger partial charge in [-0.1, -0.05) is 41.9 Å². The zero-order valence-electron chi connectivity index (χ0n) is 10.7. The lowest BCUT2D eigenvalue weighted by Gasteiger charge is -2.15. The molecule has 0 heterocycles. The third kappa shape index (κ3) is 3.58. The molecule has 0 radical (unpaired) electrons. The Morgan fingerprint density at radius 1 is 1.14 bits per heavy atom. The molecule has 0 saturated carbocycles. The van der Waals surface area contributed by atoms with Gasteiger partial charge in [0.15, 0.2) is 6.04 Å². The lowest BCUT2D eigenvalue weighted by atomic mass is 10.1. The fourth-order valence-corrected chi connectivity index (χ4v) is 1.97. The van der Waals surface area contributed by atoms with Crippen LogP contribution in [0.1, 0.15) is 22.0 Å². The van der Waals surface area contributed by atoms with Crippen LogP contribution in [0.3, 0.4) is 0 Å². The average molecular weight is 308 g/mol. The number of aliphatic carboxylic acids is 1. The van der Waals surface area contributed by atoms with Crippen LogP contribution in [0.5, 0.6) is 0 Å². The van der Waals surface area contributed by atoms with E-state index < -0.39 is 23.7 Å². The fraction of sp³-hybridized carbons (Fsp3) is 0.0667. The van der Waals surface area contributed by atoms with E-state index in [1.165, 1.54) is 12.1 Å². The average Bonchev–Trinajstić information content (AvgIpc) is 2.45. The van der Waals surface area contributed by atoms with Crippen molar-refractivity contribution in [3.8, 4) is 0 Å². The molecule has 1 amide bonds. The highest BCUT2D eigenvalue weighted by molar-refractivity contribution is 6.30. The molecule has 21 heavy (non-hydrogen) atoms. The van der Waals surface area contributed by atoms with E-state index in [4.69, 9.17) is 11.6 Å². The van der Waals surface area contributed by atoms with E-state index in [1.54, 1.807) is 30.3 Å². The van der Waals surface area contributed by atoms with E-state index in [-0.39, 0.29) is 10.6 Å². The molecular formula is C15H11ClFNO3. The van der Waals surface area contributed by atoms with E-state index in [2.05, 4.69) is 5.32 Å². The number of hydrogen-bond acceptors (Lipinski definition) is 2. The maximum absolute atomic E-state index is 13.7. The molecule has 0 fully saturated rings. The van der Waals surface area contributed by atoms with Crippen molar-refractivity contribution in [2.45, 2.75) is 6.04 Å². The van der Waals surface area contributed by atoms with Crippen molar-refractivity contribution >= 4 is 23.5 Å². The minimum atomic E-state index is -1.26. The van der Waals surface area contributed by atoms with Crippen molar-refractivity contribution in [2.24, 2.45) is 0 Å². The van der Waals surface area contributed by atoms with Gasteiger partial charge in [0.2, 0.25) is 0 Å². The van der Waals surface area contributed by atoms with Crippen molar-refractivity contribution in [3.63, 3.8) is 0 Å². The third-order valence-electron chi connectivity index (χ3n) is 2.83. The molecule has 2 aromatic carbocycles. The first-order valence-electron chi connectivity index (χ1n) is 6.02. The molecule has 0 spiro atoms. The number of carboxylic acid groups (broad SMARTS) is 1. The minimum Gasteiger partial charge on any atom is -0.479 e. The van der Waals surface area contributed by atoms with Crippen molar-refractivity contribution in [2.75, 3.05) is 0 Å². The third-order valence-corrected chi connectivity index (χ3v) is 3.07. The number of hydrogen-bond donors (Lipinski definition) is 2. The van der Waals surface area contributed by atoms with Gasteiger partial charge in [-0.2, -0.15) is 0 Å². The molecule has 0 aromatic heterocycles. The van der Waals surface area contributed by atoms with Gasteiger partial charge in [-0.15, -0.1) is 0 Å². The summed E-state index contributed by atoms with van der Waals surface area (Å²) in [7, 11) is 0. The molecule has 2 N–H and O–H groups in total. The van der Waals surface area contributed by atoms with Crippen molar-refractivity contribution in [3.05, 3.63) is 70.5 Å². The van der Waals surface area contributed by atoms with Crippen molar-refractivity contribution in [1.29, 1.82) is 0 Å². The van der Waals surface area contributed by atoms with Crippen molar-refractivity contribution < 1.29 is 19.1 Å². The predicted molar refractivity (Wildman–Crippen MR) is 75.7 cm³/mol. The van der Waals surface area contributed by atoms with Gasteiger partial charge < -0.3 is 10.4 Å². The minimum absolute atomic E-state index is 0.155. The summed E-state index contributed by atoms with van der Waals surface area (Å²) in [5, 5.41) is 11.6. The smallest absolute Gasteiger partial charge is 0.330 e. The molecule has 0 saturated heterocycles. The van der Waals surface area contributed by atoms with E-state index in [1.807, 2.05) is 0 Å². The zero-order valence-corrected chi connectivity index (χ0v) is 11.5. The normalized spacial score (nSPS) is 11.7. The number of rotatable bonds is 4. The number of halogens is 2. The molecule has 0 bridgehead atoms. The molecule has 4 nitrogen and oxygen atoms in total. The Hall–Kier alpha value is -2.40. The van der Waals surface area contributed by atoms with Gasteiger partial charge in [-0.3, -0.25) is 4.79 Å². The van der Waals surface area contributed by atoms with Gasteiger partial charge in [-0.05, 0) is 23.8 Å². The van der Waals surface area contributed by atoms with E-state index >= 15 is 0 Å². The fourth-order valence-electron chi connectivity index (χ4n) is 1.82. The van der Waals surface area contributed by atoms with Crippen LogP contribution in [-0.4, -0.2) is 17.0 Å². The lowest BCUT2D eigenvalue weighted by Crippen LogP contribution is -2.34. The van der Waals surface area contributed by atoms with Gasteiger partial charge >= 0.3 is 5.97 Å². The van der Waals surface area contributed by atoms with Gasteiger partial charge in [-0.25, -0.2) is 9.18 Å². The van der Waals surface area contributed by atoms with E-state index in [0.717, 1.165) is 6.07 Å². The number of carbonyl (C=O) groups is 2. The first-order valence-corrected chi connectivity index (χ1v) is 6.40. The number of benzene rings is 2. The summed E-state index contributed by atoms with van der Waals surface area (Å²) in [5.74, 6) is -2.86. The Balaban J connectivity index is 2.25. The van der Waals surface area contributed by atoms with E-state index in [0.29, 0.717) is 5.56 Å². The predicted octanol–water partition coefficient (Wildman–Crippen LogP) is 3.03. The number of nitrogens with one attached hydrogen (secondary N) is 1. The van der Waals surface area contributed by atoms with Gasteiger partial charge in [0.25, 0.3) is 5.91 Å². The Bertz CT molecular complexity index is 676. The van der Waals surface area contributed by atoms with Crippen LogP contribution in [0.2, 0.25) is 5.02 Å². The molecule has 0 aliphatic rings. The number of carboxylic acids is 1. The molecule has 1 atom stereocenters. The first kappa shape index (κ1) is 15.0. The van der Waals surface area contributed by atoms with Crippen molar-refractivity contribution in [1.82, 2.24) is 5.32 Å². The maximum Gasteiger partial charge on any atom is 0.330 e. The van der Waals surface area contributed by atoms with Crippen LogP contribution < -0.4 is 5.32 Å². The first-order chi connectivity index (χ1) is 9.99. The summed E-state index contributed by atoms with van der Waals surface area (Å²) < 4.78 is 13.7. The van der Waals surface area contributed by atoms with Crippen LogP contribution in [0.15, 0.2) is 48.5 Å². The maximum atomic E-state index is 13.7. The highest BCUT2D eigenvalue weighted by atomic mass is 35.5. The summed E-state index contributed by atoms with van der Waals surface area (Å²) in [6, 6.07) is 10.5. The monoisotopic (exact) mass is 307 g/mol. The molecular weight excluding hydrogens is 297 g/mol. The van der Waals surface area contributed by atoms with Crippen LogP contribution in [0.25, 0.3) is 0 Å². The summed E-state index contributed by atoms with van der Waals surface area (Å²) in [6.45, 7) is 0. The molecule has 0 aliphatic heterocycles. The standard InChI is InChI=1S/C15H11ClFNO3/c16-10-6-7-11(12(17)8-10)14(19)18-13(15(20)21)9-4-2-1-3-5-9/h1-8,13H,(H,18,19)(H,20,21)/t13-/m0/s1. The summed E-state index contributed by atoms with van der Waals surface area (Å²) in [5.41, 5.74) is 0.134. The molecule has 2 aromatic rings. The summed E-state index contributed by atoms with van der Waals surface area (Å²) >= 11 is 5.61. The van der Waals surface area contributed by atoms with Crippen LogP contribution >= 0.6 is 11.6 Å². The van der Waals surface area contributed by atoms with Gasteiger partial charge in [0.05, 0.1) is 5.56 Å². The Morgan fingerprint density at radius 2 is 1.81 bits per heavy atom. The molecule has 0 aliphatic carbocycles. The second-order valence-corrected chi connectivity index (χ2v) is 4.72. The Kier molecular flexibility index (Phi) is 4.55. The van der Waals surface area contributed by atoms with Crippen LogP contribution in [0, 0.1) is 5.82 Å². The molecule has 108 valence electrons. The lowest BCUT2D eigenvalue weighted by molar-refractivity contribution is -0.139. The van der Waals surface area contributed by atoms with Gasteiger partial charge in [0.1, 0.15) is 5.82 Å². The van der Waals surface area contributed by atoms with Gasteiger partial charge in [0, 0.05) is 5.02 Å². The Labute approximate surface area is 125 Å². The SMILES string of the molecule is O=C(N[C@H](C(=O)O)c1ccccc1)c1ccc(Cl)cc1F. The number of amides is 1. The summed E-state index contributed by atoms with van der Waals surface area (Å²) in [4.78, 5) is 23.3. The molecule has 2 rings (SSSR count). The molecule has 0 unspecified atom stereocenters. The summed E-state index contributed by atoms with van der Waals surface area (Å²) in [6.07, 6.45) is 0. The molecule has 6 heteroatoms. The zero-order chi connectivity index (χ0) is 15.4. The second kappa shape index (κ2) is 6.37. The highest BCUT2D eigenvalue weighted by Gasteiger charge is 2.23. The largest absolute Gasteiger partial charge is 0.479 e. The number of carbonyl (C=O) groups excluding carboxylic acids is 1. The quantitative estimate of drug-likeness (QED) is 0.912. The van der Waals surface area contributed by atoms with Crippen LogP contribution in [0.4, 0.5) is 4.39 Å². The highest BCUT2D eigenvalue weighted by Crippen LogP contribution is 2.17. The Morgan fingerprint density at radius 3 is 2.38 bits per heavy atom. The van der Waals surface area contributed by atoms with E-state index in [9.17, 15) is 19.1 Å². The topological polar surface area (TPSA) is 66.4 Å². The van der Waals surface area contributed by atoms with Crippen LogP contribution in [-0.2, 0) is 4.79 Å².